The largest absolute Gasteiger partial charge is 0.441 e. The maximum absolute atomic E-state index is 12.3. The molecule has 1 aromatic carbocycles. The van der Waals surface area contributed by atoms with Crippen molar-refractivity contribution in [2.24, 2.45) is 0 Å². The van der Waals surface area contributed by atoms with E-state index in [0.29, 0.717) is 25.4 Å². The molecule has 7 heteroatoms. The van der Waals surface area contributed by atoms with E-state index < -0.39 is 0 Å². The van der Waals surface area contributed by atoms with Crippen LogP contribution in [0.1, 0.15) is 35.7 Å². The predicted molar refractivity (Wildman–Crippen MR) is 97.8 cm³/mol. The van der Waals surface area contributed by atoms with Crippen molar-refractivity contribution in [2.45, 2.75) is 38.6 Å². The number of benzene rings is 1. The van der Waals surface area contributed by atoms with Gasteiger partial charge in [0.05, 0.1) is 12.2 Å². The standard InChI is InChI=1S/C19H23N5O2/c1-24(12-16-13-6-4-8-14(13)22-23-16)19(25)20-11-5-10-18-21-15-7-2-3-9-17(15)26-18/h2-3,7,9H,4-6,8,10-12H2,1H3,(H,20,25)(H,22,23). The number of hydrogen-bond acceptors (Lipinski definition) is 4. The second-order valence-electron chi connectivity index (χ2n) is 6.75. The molecule has 1 aliphatic rings. The Morgan fingerprint density at radius 2 is 2.23 bits per heavy atom. The summed E-state index contributed by atoms with van der Waals surface area (Å²) in [5.74, 6) is 0.709. The lowest BCUT2D eigenvalue weighted by Crippen LogP contribution is -2.37. The molecule has 26 heavy (non-hydrogen) atoms. The van der Waals surface area contributed by atoms with Crippen LogP contribution in [0.4, 0.5) is 4.79 Å². The summed E-state index contributed by atoms with van der Waals surface area (Å²) in [5.41, 5.74) is 5.19. The van der Waals surface area contributed by atoms with Crippen molar-refractivity contribution in [3.63, 3.8) is 0 Å². The number of aromatic amines is 1. The summed E-state index contributed by atoms with van der Waals surface area (Å²) in [4.78, 5) is 18.4. The summed E-state index contributed by atoms with van der Waals surface area (Å²) in [6.07, 6.45) is 4.77. The van der Waals surface area contributed by atoms with Crippen LogP contribution in [-0.2, 0) is 25.8 Å². The van der Waals surface area contributed by atoms with Gasteiger partial charge in [0.1, 0.15) is 5.52 Å². The van der Waals surface area contributed by atoms with Crippen molar-refractivity contribution in [1.82, 2.24) is 25.4 Å². The van der Waals surface area contributed by atoms with E-state index in [1.165, 1.54) is 17.7 Å². The number of hydrogen-bond donors (Lipinski definition) is 2. The van der Waals surface area contributed by atoms with Gasteiger partial charge in [-0.05, 0) is 43.4 Å². The fourth-order valence-electron chi connectivity index (χ4n) is 3.41. The summed E-state index contributed by atoms with van der Waals surface area (Å²) in [6.45, 7) is 1.11. The highest BCUT2D eigenvalue weighted by Crippen LogP contribution is 2.23. The Morgan fingerprint density at radius 1 is 1.35 bits per heavy atom. The van der Waals surface area contributed by atoms with Gasteiger partial charge >= 0.3 is 6.03 Å². The zero-order valence-electron chi connectivity index (χ0n) is 14.9. The fourth-order valence-corrected chi connectivity index (χ4v) is 3.41. The number of aryl methyl sites for hydroxylation is 2. The number of aromatic nitrogens is 3. The number of nitrogens with one attached hydrogen (secondary N) is 2. The van der Waals surface area contributed by atoms with Gasteiger partial charge < -0.3 is 14.6 Å². The van der Waals surface area contributed by atoms with E-state index in [0.717, 1.165) is 36.1 Å². The van der Waals surface area contributed by atoms with Gasteiger partial charge in [-0.2, -0.15) is 5.10 Å². The minimum absolute atomic E-state index is 0.0858. The first-order chi connectivity index (χ1) is 12.7. The molecule has 136 valence electrons. The molecular formula is C19H23N5O2. The number of rotatable bonds is 6. The van der Waals surface area contributed by atoms with E-state index in [2.05, 4.69) is 20.5 Å². The van der Waals surface area contributed by atoms with Crippen LogP contribution in [0.25, 0.3) is 11.1 Å². The molecule has 1 aliphatic carbocycles. The normalized spacial score (nSPS) is 13.1. The minimum Gasteiger partial charge on any atom is -0.441 e. The molecule has 0 aliphatic heterocycles. The zero-order chi connectivity index (χ0) is 17.9. The highest BCUT2D eigenvalue weighted by molar-refractivity contribution is 5.74. The van der Waals surface area contributed by atoms with Crippen LogP contribution < -0.4 is 5.32 Å². The van der Waals surface area contributed by atoms with E-state index in [4.69, 9.17) is 4.42 Å². The van der Waals surface area contributed by atoms with Crippen molar-refractivity contribution in [3.05, 3.63) is 47.1 Å². The molecule has 0 saturated heterocycles. The summed E-state index contributed by atoms with van der Waals surface area (Å²) in [6, 6.07) is 7.64. The lowest BCUT2D eigenvalue weighted by atomic mass is 10.2. The minimum atomic E-state index is -0.0858. The molecule has 0 atom stereocenters. The number of carbonyl (C=O) groups excluding carboxylic acids is 1. The maximum Gasteiger partial charge on any atom is 0.317 e. The van der Waals surface area contributed by atoms with Gasteiger partial charge in [0.15, 0.2) is 11.5 Å². The van der Waals surface area contributed by atoms with Gasteiger partial charge in [0, 0.05) is 25.7 Å². The molecule has 0 saturated carbocycles. The Bertz CT molecular complexity index is 881. The molecule has 4 rings (SSSR count). The molecule has 2 amide bonds. The number of para-hydroxylation sites is 2. The quantitative estimate of drug-likeness (QED) is 0.667. The SMILES string of the molecule is CN(Cc1n[nH]c2c1CCC2)C(=O)NCCCc1nc2ccccc2o1. The number of carbonyl (C=O) groups is 1. The molecule has 2 aromatic heterocycles. The molecule has 2 N–H and O–H groups in total. The second-order valence-corrected chi connectivity index (χ2v) is 6.75. The van der Waals surface area contributed by atoms with Crippen molar-refractivity contribution in [3.8, 4) is 0 Å². The number of urea groups is 1. The third-order valence-electron chi connectivity index (χ3n) is 4.81. The number of H-pyrrole nitrogens is 1. The second kappa shape index (κ2) is 7.19. The van der Waals surface area contributed by atoms with Gasteiger partial charge in [-0.25, -0.2) is 9.78 Å². The van der Waals surface area contributed by atoms with E-state index in [-0.39, 0.29) is 6.03 Å². The Kier molecular flexibility index (Phi) is 4.60. The molecule has 0 fully saturated rings. The lowest BCUT2D eigenvalue weighted by Gasteiger charge is -2.17. The molecule has 7 nitrogen and oxygen atoms in total. The monoisotopic (exact) mass is 353 g/mol. The van der Waals surface area contributed by atoms with Crippen LogP contribution in [0, 0.1) is 0 Å². The third kappa shape index (κ3) is 3.42. The van der Waals surface area contributed by atoms with Crippen molar-refractivity contribution < 1.29 is 9.21 Å². The molecule has 0 bridgehead atoms. The first kappa shape index (κ1) is 16.6. The molecule has 0 radical (unpaired) electrons. The summed E-state index contributed by atoms with van der Waals surface area (Å²) in [7, 11) is 1.80. The average molecular weight is 353 g/mol. The van der Waals surface area contributed by atoms with Gasteiger partial charge in [-0.15, -0.1) is 0 Å². The third-order valence-corrected chi connectivity index (χ3v) is 4.81. The van der Waals surface area contributed by atoms with Crippen molar-refractivity contribution in [1.29, 1.82) is 0 Å². The van der Waals surface area contributed by atoms with Gasteiger partial charge in [-0.3, -0.25) is 5.10 Å². The topological polar surface area (TPSA) is 87.0 Å². The molecule has 0 unspecified atom stereocenters. The first-order valence-corrected chi connectivity index (χ1v) is 9.09. The highest BCUT2D eigenvalue weighted by atomic mass is 16.3. The van der Waals surface area contributed by atoms with Crippen molar-refractivity contribution >= 4 is 17.1 Å². The number of nitrogens with zero attached hydrogens (tertiary/aromatic N) is 3. The summed E-state index contributed by atoms with van der Waals surface area (Å²) in [5, 5.41) is 10.4. The first-order valence-electron chi connectivity index (χ1n) is 9.09. The zero-order valence-corrected chi connectivity index (χ0v) is 14.9. The molecule has 0 spiro atoms. The molecular weight excluding hydrogens is 330 g/mol. The van der Waals surface area contributed by atoms with E-state index in [1.807, 2.05) is 24.3 Å². The fraction of sp³-hybridized carbons (Fsp3) is 0.421. The van der Waals surface area contributed by atoms with E-state index >= 15 is 0 Å². The Labute approximate surface area is 151 Å². The van der Waals surface area contributed by atoms with Crippen LogP contribution in [0.3, 0.4) is 0 Å². The summed E-state index contributed by atoms with van der Waals surface area (Å²) >= 11 is 0. The van der Waals surface area contributed by atoms with Crippen LogP contribution >= 0.6 is 0 Å². The van der Waals surface area contributed by atoms with E-state index in [1.54, 1.807) is 11.9 Å². The van der Waals surface area contributed by atoms with Crippen LogP contribution in [-0.4, -0.2) is 39.7 Å². The maximum atomic E-state index is 12.3. The van der Waals surface area contributed by atoms with Gasteiger partial charge in [0.2, 0.25) is 0 Å². The molecule has 3 aromatic rings. The lowest BCUT2D eigenvalue weighted by molar-refractivity contribution is 0.206. The van der Waals surface area contributed by atoms with Crippen LogP contribution in [0.2, 0.25) is 0 Å². The summed E-state index contributed by atoms with van der Waals surface area (Å²) < 4.78 is 5.69. The Balaban J connectivity index is 1.23. The van der Waals surface area contributed by atoms with Gasteiger partial charge in [-0.1, -0.05) is 12.1 Å². The Hall–Kier alpha value is -2.83. The highest BCUT2D eigenvalue weighted by Gasteiger charge is 2.20. The van der Waals surface area contributed by atoms with Crippen LogP contribution in [0.15, 0.2) is 28.7 Å². The smallest absolute Gasteiger partial charge is 0.317 e. The predicted octanol–water partition coefficient (Wildman–Crippen LogP) is 2.81. The van der Waals surface area contributed by atoms with Crippen molar-refractivity contribution in [2.75, 3.05) is 13.6 Å². The van der Waals surface area contributed by atoms with Gasteiger partial charge in [0.25, 0.3) is 0 Å². The number of oxazole rings is 1. The average Bonchev–Trinajstić information content (AvgIpc) is 3.34. The van der Waals surface area contributed by atoms with E-state index in [9.17, 15) is 4.79 Å². The van der Waals surface area contributed by atoms with Crippen LogP contribution in [0.5, 0.6) is 0 Å². The number of fused-ring (bicyclic) bond motifs is 2. The molecule has 2 heterocycles. The number of amides is 2. The Morgan fingerprint density at radius 3 is 3.12 bits per heavy atom.